The van der Waals surface area contributed by atoms with Gasteiger partial charge in [-0.25, -0.2) is 4.98 Å². The molecule has 1 N–H and O–H groups in total. The number of carbonyl (C=O) groups excluding carboxylic acids is 1. The topological polar surface area (TPSA) is 48.5 Å². The van der Waals surface area contributed by atoms with Crippen LogP contribution in [-0.2, 0) is 0 Å². The van der Waals surface area contributed by atoms with Gasteiger partial charge in [-0.05, 0) is 50.9 Å². The van der Waals surface area contributed by atoms with Gasteiger partial charge in [-0.1, -0.05) is 20.3 Å². The molecular formula is C19H32N4O. The molecule has 24 heavy (non-hydrogen) atoms. The molecule has 0 spiro atoms. The quantitative estimate of drug-likeness (QED) is 0.834. The van der Waals surface area contributed by atoms with Gasteiger partial charge in [0.2, 0.25) is 0 Å². The van der Waals surface area contributed by atoms with Gasteiger partial charge in [0.25, 0.3) is 5.91 Å². The second kappa shape index (κ2) is 9.02. The van der Waals surface area contributed by atoms with E-state index in [1.54, 1.807) is 6.20 Å². The van der Waals surface area contributed by atoms with E-state index in [1.807, 2.05) is 19.2 Å². The normalized spacial score (nSPS) is 18.6. The summed E-state index contributed by atoms with van der Waals surface area (Å²) < 4.78 is 0. The Balaban J connectivity index is 1.79. The lowest BCUT2D eigenvalue weighted by Crippen LogP contribution is -2.39. The first-order valence-electron chi connectivity index (χ1n) is 9.13. The number of pyridine rings is 1. The number of hydrogen-bond donors (Lipinski definition) is 1. The van der Waals surface area contributed by atoms with Gasteiger partial charge in [-0.2, -0.15) is 0 Å². The maximum absolute atomic E-state index is 12.2. The number of rotatable bonds is 7. The third kappa shape index (κ3) is 5.48. The summed E-state index contributed by atoms with van der Waals surface area (Å²) >= 11 is 0. The highest BCUT2D eigenvalue weighted by Crippen LogP contribution is 2.17. The summed E-state index contributed by atoms with van der Waals surface area (Å²) in [4.78, 5) is 21.2. The Morgan fingerprint density at radius 1 is 1.42 bits per heavy atom. The van der Waals surface area contributed by atoms with Crippen LogP contribution in [-0.4, -0.2) is 55.6 Å². The first kappa shape index (κ1) is 18.7. The molecule has 1 aromatic rings. The Morgan fingerprint density at radius 2 is 2.21 bits per heavy atom. The molecule has 0 bridgehead atoms. The molecule has 134 valence electrons. The average Bonchev–Trinajstić information content (AvgIpc) is 2.56. The largest absolute Gasteiger partial charge is 0.359 e. The van der Waals surface area contributed by atoms with Gasteiger partial charge in [0.15, 0.2) is 0 Å². The lowest BCUT2D eigenvalue weighted by molar-refractivity contribution is 0.0945. The van der Waals surface area contributed by atoms with Crippen LogP contribution < -0.4 is 10.2 Å². The molecule has 0 aliphatic carbocycles. The highest BCUT2D eigenvalue weighted by molar-refractivity contribution is 5.94. The summed E-state index contributed by atoms with van der Waals surface area (Å²) in [6.45, 7) is 7.22. The van der Waals surface area contributed by atoms with Crippen LogP contribution in [0.15, 0.2) is 18.3 Å². The minimum Gasteiger partial charge on any atom is -0.359 e. The van der Waals surface area contributed by atoms with E-state index in [1.165, 1.54) is 25.8 Å². The highest BCUT2D eigenvalue weighted by Gasteiger charge is 2.18. The molecule has 2 heterocycles. The van der Waals surface area contributed by atoms with Crippen molar-refractivity contribution in [3.63, 3.8) is 0 Å². The summed E-state index contributed by atoms with van der Waals surface area (Å²) in [5.74, 6) is 1.46. The summed E-state index contributed by atoms with van der Waals surface area (Å²) in [6.07, 6.45) is 6.53. The fraction of sp³-hybridized carbons (Fsp3) is 0.684. The van der Waals surface area contributed by atoms with Crippen molar-refractivity contribution in [3.05, 3.63) is 23.9 Å². The molecule has 1 amide bonds. The minimum atomic E-state index is -0.0287. The number of nitrogens with one attached hydrogen (secondary N) is 1. The number of anilines is 1. The first-order chi connectivity index (χ1) is 11.5. The van der Waals surface area contributed by atoms with Gasteiger partial charge < -0.3 is 15.1 Å². The van der Waals surface area contributed by atoms with Gasteiger partial charge in [0, 0.05) is 32.4 Å². The summed E-state index contributed by atoms with van der Waals surface area (Å²) in [5.41, 5.74) is 0.633. The van der Waals surface area contributed by atoms with Crippen molar-refractivity contribution in [2.24, 2.45) is 5.92 Å². The van der Waals surface area contributed by atoms with Crippen LogP contribution in [0.1, 0.15) is 49.9 Å². The van der Waals surface area contributed by atoms with Crippen LogP contribution in [0, 0.1) is 5.92 Å². The second-order valence-corrected chi connectivity index (χ2v) is 7.35. The molecule has 0 aromatic carbocycles. The maximum atomic E-state index is 12.2. The van der Waals surface area contributed by atoms with Crippen molar-refractivity contribution in [1.29, 1.82) is 0 Å². The van der Waals surface area contributed by atoms with Gasteiger partial charge >= 0.3 is 0 Å². The van der Waals surface area contributed by atoms with Crippen molar-refractivity contribution < 1.29 is 4.79 Å². The first-order valence-corrected chi connectivity index (χ1v) is 9.13. The van der Waals surface area contributed by atoms with Crippen LogP contribution in [0.4, 0.5) is 5.82 Å². The zero-order valence-corrected chi connectivity index (χ0v) is 15.6. The van der Waals surface area contributed by atoms with Crippen molar-refractivity contribution in [3.8, 4) is 0 Å². The maximum Gasteiger partial charge on any atom is 0.252 e. The fourth-order valence-corrected chi connectivity index (χ4v) is 3.35. The van der Waals surface area contributed by atoms with Gasteiger partial charge in [-0.3, -0.25) is 4.79 Å². The van der Waals surface area contributed by atoms with Crippen molar-refractivity contribution in [2.45, 2.75) is 45.6 Å². The fourth-order valence-electron chi connectivity index (χ4n) is 3.35. The predicted molar refractivity (Wildman–Crippen MR) is 99.6 cm³/mol. The van der Waals surface area contributed by atoms with Crippen LogP contribution in [0.3, 0.4) is 0 Å². The lowest BCUT2D eigenvalue weighted by Gasteiger charge is -2.32. The summed E-state index contributed by atoms with van der Waals surface area (Å²) in [5, 5.41) is 3.03. The smallest absolute Gasteiger partial charge is 0.252 e. The van der Waals surface area contributed by atoms with Crippen LogP contribution >= 0.6 is 0 Å². The molecular weight excluding hydrogens is 300 g/mol. The molecule has 1 aliphatic heterocycles. The molecule has 0 unspecified atom stereocenters. The summed E-state index contributed by atoms with van der Waals surface area (Å²) in [7, 11) is 4.21. The van der Waals surface area contributed by atoms with E-state index in [2.05, 4.69) is 41.0 Å². The van der Waals surface area contributed by atoms with E-state index in [0.717, 1.165) is 25.3 Å². The molecule has 1 aliphatic rings. The van der Waals surface area contributed by atoms with Gasteiger partial charge in [-0.15, -0.1) is 0 Å². The molecule has 2 rings (SSSR count). The molecule has 0 radical (unpaired) electrons. The van der Waals surface area contributed by atoms with E-state index in [0.29, 0.717) is 17.5 Å². The van der Waals surface area contributed by atoms with E-state index < -0.39 is 0 Å². The molecule has 1 fully saturated rings. The van der Waals surface area contributed by atoms with E-state index in [9.17, 15) is 4.79 Å². The average molecular weight is 332 g/mol. The molecule has 1 aromatic heterocycles. The molecule has 1 saturated heterocycles. The third-order valence-corrected chi connectivity index (χ3v) is 4.72. The predicted octanol–water partition coefficient (Wildman–Crippen LogP) is 2.78. The Labute approximate surface area is 146 Å². The van der Waals surface area contributed by atoms with Crippen LogP contribution in [0.2, 0.25) is 0 Å². The molecule has 1 atom stereocenters. The number of aromatic nitrogens is 1. The van der Waals surface area contributed by atoms with Gasteiger partial charge in [0.05, 0.1) is 5.56 Å². The van der Waals surface area contributed by atoms with Crippen LogP contribution in [0.25, 0.3) is 0 Å². The SMILES string of the molecule is CC(C)CN(C)c1ccc(C(=O)NCC[C@H]2CCCCN2C)cn1. The highest BCUT2D eigenvalue weighted by atomic mass is 16.1. The molecule has 0 saturated carbocycles. The lowest BCUT2D eigenvalue weighted by atomic mass is 10.0. The number of likely N-dealkylation sites (tertiary alicyclic amines) is 1. The monoisotopic (exact) mass is 332 g/mol. The Bertz CT molecular complexity index is 515. The standard InChI is InChI=1S/C19H32N4O/c1-15(2)14-23(4)18-9-8-16(13-21-18)19(24)20-11-10-17-7-5-6-12-22(17)3/h8-9,13,15,17H,5-7,10-12,14H2,1-4H3,(H,20,24)/t17-/m1/s1. The van der Waals surface area contributed by atoms with E-state index in [4.69, 9.17) is 0 Å². The Hall–Kier alpha value is -1.62. The summed E-state index contributed by atoms with van der Waals surface area (Å²) in [6, 6.07) is 4.39. The van der Waals surface area contributed by atoms with Crippen molar-refractivity contribution >= 4 is 11.7 Å². The van der Waals surface area contributed by atoms with Crippen molar-refractivity contribution in [1.82, 2.24) is 15.2 Å². The number of nitrogens with zero attached hydrogens (tertiary/aromatic N) is 3. The van der Waals surface area contributed by atoms with Crippen molar-refractivity contribution in [2.75, 3.05) is 38.6 Å². The van der Waals surface area contributed by atoms with Gasteiger partial charge in [0.1, 0.15) is 5.82 Å². The number of carbonyl (C=O) groups is 1. The third-order valence-electron chi connectivity index (χ3n) is 4.72. The number of piperidine rings is 1. The second-order valence-electron chi connectivity index (χ2n) is 7.35. The number of amides is 1. The Kier molecular flexibility index (Phi) is 7.03. The van der Waals surface area contributed by atoms with E-state index in [-0.39, 0.29) is 5.91 Å². The Morgan fingerprint density at radius 3 is 2.83 bits per heavy atom. The van der Waals surface area contributed by atoms with Crippen LogP contribution in [0.5, 0.6) is 0 Å². The minimum absolute atomic E-state index is 0.0287. The zero-order chi connectivity index (χ0) is 17.5. The molecule has 5 nitrogen and oxygen atoms in total. The number of hydrogen-bond acceptors (Lipinski definition) is 4. The zero-order valence-electron chi connectivity index (χ0n) is 15.6. The molecule has 5 heteroatoms. The van der Waals surface area contributed by atoms with E-state index >= 15 is 0 Å².